The third-order valence-corrected chi connectivity index (χ3v) is 3.78. The number of anilines is 1. The van der Waals surface area contributed by atoms with Crippen LogP contribution < -0.4 is 5.32 Å². The van der Waals surface area contributed by atoms with E-state index in [1.165, 1.54) is 17.2 Å². The normalized spacial score (nSPS) is 26.8. The Morgan fingerprint density at radius 3 is 2.75 bits per heavy atom. The van der Waals surface area contributed by atoms with Gasteiger partial charge in [-0.2, -0.15) is 0 Å². The Labute approximate surface area is 135 Å². The highest BCUT2D eigenvalue weighted by Gasteiger charge is 2.44. The molecule has 1 saturated heterocycles. The van der Waals surface area contributed by atoms with Gasteiger partial charge in [0.2, 0.25) is 0 Å². The molecule has 1 aliphatic rings. The predicted octanol–water partition coefficient (Wildman–Crippen LogP) is -1.68. The van der Waals surface area contributed by atoms with Crippen LogP contribution in [0.5, 0.6) is 0 Å². The first-order chi connectivity index (χ1) is 11.5. The first-order valence-corrected chi connectivity index (χ1v) is 7.28. The quantitative estimate of drug-likeness (QED) is 0.411. The maximum absolute atomic E-state index is 10.6. The SMILES string of the molecule is O=C(O)CCNc1ncnc2c1ncn2[C@@H]1O[C@H](CO)[C@@H](O)[C@H]1O. The number of aliphatic hydroxyl groups excluding tert-OH is 3. The number of aliphatic hydroxyl groups is 3. The lowest BCUT2D eigenvalue weighted by Gasteiger charge is -2.16. The van der Waals surface area contributed by atoms with E-state index in [2.05, 4.69) is 20.3 Å². The molecule has 2 aromatic heterocycles. The minimum Gasteiger partial charge on any atom is -0.481 e. The fourth-order valence-corrected chi connectivity index (χ4v) is 2.57. The average Bonchev–Trinajstić information content (AvgIpc) is 3.10. The Balaban J connectivity index is 1.87. The van der Waals surface area contributed by atoms with Crippen molar-refractivity contribution in [1.82, 2.24) is 19.5 Å². The smallest absolute Gasteiger partial charge is 0.305 e. The first kappa shape index (κ1) is 16.5. The van der Waals surface area contributed by atoms with Gasteiger partial charge in [0.05, 0.1) is 19.4 Å². The van der Waals surface area contributed by atoms with Gasteiger partial charge in [0, 0.05) is 6.54 Å². The number of hydrogen-bond acceptors (Lipinski definition) is 9. The number of imidazole rings is 1. The van der Waals surface area contributed by atoms with Crippen LogP contribution >= 0.6 is 0 Å². The summed E-state index contributed by atoms with van der Waals surface area (Å²) in [5.41, 5.74) is 0.721. The predicted molar refractivity (Wildman–Crippen MR) is 79.1 cm³/mol. The summed E-state index contributed by atoms with van der Waals surface area (Å²) in [5.74, 6) is -0.586. The molecule has 3 heterocycles. The van der Waals surface area contributed by atoms with Crippen LogP contribution in [0.3, 0.4) is 0 Å². The Kier molecular flexibility index (Phi) is 4.57. The molecule has 0 aromatic carbocycles. The Morgan fingerprint density at radius 1 is 1.29 bits per heavy atom. The summed E-state index contributed by atoms with van der Waals surface area (Å²) in [6.45, 7) is -0.263. The molecule has 11 heteroatoms. The number of carbonyl (C=O) groups is 1. The molecular formula is C13H17N5O6. The van der Waals surface area contributed by atoms with Crippen LogP contribution in [0.2, 0.25) is 0 Å². The van der Waals surface area contributed by atoms with Gasteiger partial charge in [0.25, 0.3) is 0 Å². The van der Waals surface area contributed by atoms with Crippen LogP contribution in [0.1, 0.15) is 12.6 Å². The van der Waals surface area contributed by atoms with Crippen molar-refractivity contribution in [3.63, 3.8) is 0 Å². The number of aliphatic carboxylic acids is 1. The summed E-state index contributed by atoms with van der Waals surface area (Å²) >= 11 is 0. The summed E-state index contributed by atoms with van der Waals surface area (Å²) < 4.78 is 6.89. The molecule has 0 radical (unpaired) electrons. The Hall–Kier alpha value is -2.34. The van der Waals surface area contributed by atoms with Gasteiger partial charge in [0.15, 0.2) is 23.2 Å². The lowest BCUT2D eigenvalue weighted by atomic mass is 10.1. The van der Waals surface area contributed by atoms with Gasteiger partial charge in [-0.05, 0) is 0 Å². The van der Waals surface area contributed by atoms with Crippen LogP contribution in [-0.4, -0.2) is 77.4 Å². The van der Waals surface area contributed by atoms with E-state index < -0.39 is 37.1 Å². The largest absolute Gasteiger partial charge is 0.481 e. The maximum atomic E-state index is 10.6. The van der Waals surface area contributed by atoms with Crippen molar-refractivity contribution in [1.29, 1.82) is 0 Å². The minimum absolute atomic E-state index is 0.0823. The molecule has 11 nitrogen and oxygen atoms in total. The van der Waals surface area contributed by atoms with E-state index in [1.807, 2.05) is 0 Å². The van der Waals surface area contributed by atoms with Gasteiger partial charge in [-0.1, -0.05) is 0 Å². The molecule has 0 amide bonds. The topological polar surface area (TPSA) is 163 Å². The van der Waals surface area contributed by atoms with Crippen LogP contribution in [0.4, 0.5) is 5.82 Å². The number of rotatable bonds is 6. The van der Waals surface area contributed by atoms with E-state index in [9.17, 15) is 15.0 Å². The number of carboxylic acid groups (broad SMARTS) is 1. The molecular weight excluding hydrogens is 322 g/mol. The van der Waals surface area contributed by atoms with Crippen LogP contribution in [-0.2, 0) is 9.53 Å². The highest BCUT2D eigenvalue weighted by molar-refractivity contribution is 5.82. The average molecular weight is 339 g/mol. The number of nitrogens with zero attached hydrogens (tertiary/aromatic N) is 4. The maximum Gasteiger partial charge on any atom is 0.305 e. The molecule has 0 spiro atoms. The van der Waals surface area contributed by atoms with E-state index in [0.29, 0.717) is 17.0 Å². The highest BCUT2D eigenvalue weighted by Crippen LogP contribution is 2.31. The van der Waals surface area contributed by atoms with Gasteiger partial charge in [-0.25, -0.2) is 15.0 Å². The fraction of sp³-hybridized carbons (Fsp3) is 0.538. The summed E-state index contributed by atoms with van der Waals surface area (Å²) in [7, 11) is 0. The second-order valence-electron chi connectivity index (χ2n) is 5.35. The molecule has 0 aliphatic carbocycles. The van der Waals surface area contributed by atoms with Crippen molar-refractivity contribution in [3.05, 3.63) is 12.7 Å². The molecule has 3 rings (SSSR count). The molecule has 4 atom stereocenters. The summed E-state index contributed by atoms with van der Waals surface area (Å²) in [6.07, 6.45) is -1.78. The van der Waals surface area contributed by atoms with Gasteiger partial charge >= 0.3 is 5.97 Å². The van der Waals surface area contributed by atoms with E-state index in [1.54, 1.807) is 0 Å². The number of carboxylic acids is 1. The zero-order chi connectivity index (χ0) is 17.3. The molecule has 0 saturated carbocycles. The second kappa shape index (κ2) is 6.65. The lowest BCUT2D eigenvalue weighted by Crippen LogP contribution is -2.33. The van der Waals surface area contributed by atoms with Gasteiger partial charge in [0.1, 0.15) is 24.6 Å². The van der Waals surface area contributed by atoms with Crippen molar-refractivity contribution >= 4 is 23.0 Å². The molecule has 0 bridgehead atoms. The molecule has 24 heavy (non-hydrogen) atoms. The lowest BCUT2D eigenvalue weighted by molar-refractivity contribution is -0.136. The first-order valence-electron chi connectivity index (χ1n) is 7.28. The fourth-order valence-electron chi connectivity index (χ4n) is 2.57. The molecule has 0 unspecified atom stereocenters. The van der Waals surface area contributed by atoms with Crippen LogP contribution in [0, 0.1) is 0 Å². The number of ether oxygens (including phenoxy) is 1. The van der Waals surface area contributed by atoms with Crippen molar-refractivity contribution < 1.29 is 30.0 Å². The van der Waals surface area contributed by atoms with Crippen molar-refractivity contribution in [2.45, 2.75) is 31.0 Å². The minimum atomic E-state index is -1.25. The van der Waals surface area contributed by atoms with Gasteiger partial charge in [-0.15, -0.1) is 0 Å². The third kappa shape index (κ3) is 2.89. The zero-order valence-electron chi connectivity index (χ0n) is 12.5. The third-order valence-electron chi connectivity index (χ3n) is 3.78. The standard InChI is InChI=1S/C13H17N5O6/c19-3-6-9(22)10(23)13(24-6)18-5-17-8-11(14-2-1-7(20)21)15-4-16-12(8)18/h4-6,9-10,13,19,22-23H,1-3H2,(H,20,21)(H,14,15,16)/t6-,9-,10-,13-/m1/s1. The molecule has 5 N–H and O–H groups in total. The van der Waals surface area contributed by atoms with Crippen molar-refractivity contribution in [2.75, 3.05) is 18.5 Å². The van der Waals surface area contributed by atoms with Crippen LogP contribution in [0.25, 0.3) is 11.2 Å². The number of nitrogens with one attached hydrogen (secondary N) is 1. The van der Waals surface area contributed by atoms with Crippen LogP contribution in [0.15, 0.2) is 12.7 Å². The Morgan fingerprint density at radius 2 is 2.08 bits per heavy atom. The van der Waals surface area contributed by atoms with E-state index >= 15 is 0 Å². The molecule has 130 valence electrons. The monoisotopic (exact) mass is 339 g/mol. The summed E-state index contributed by atoms with van der Waals surface area (Å²) in [5, 5.41) is 40.7. The van der Waals surface area contributed by atoms with E-state index in [4.69, 9.17) is 14.9 Å². The second-order valence-corrected chi connectivity index (χ2v) is 5.35. The van der Waals surface area contributed by atoms with E-state index in [-0.39, 0.29) is 13.0 Å². The van der Waals surface area contributed by atoms with Crippen molar-refractivity contribution in [3.8, 4) is 0 Å². The van der Waals surface area contributed by atoms with Crippen molar-refractivity contribution in [2.24, 2.45) is 0 Å². The summed E-state index contributed by atoms with van der Waals surface area (Å²) in [4.78, 5) is 22.9. The van der Waals surface area contributed by atoms with E-state index in [0.717, 1.165) is 0 Å². The Bertz CT molecular complexity index is 737. The zero-order valence-corrected chi connectivity index (χ0v) is 12.5. The molecule has 1 fully saturated rings. The van der Waals surface area contributed by atoms with Gasteiger partial charge < -0.3 is 30.5 Å². The molecule has 2 aromatic rings. The number of hydrogen-bond donors (Lipinski definition) is 5. The summed E-state index contributed by atoms with van der Waals surface area (Å²) in [6, 6.07) is 0. The molecule has 1 aliphatic heterocycles. The highest BCUT2D eigenvalue weighted by atomic mass is 16.6. The number of fused-ring (bicyclic) bond motifs is 1. The van der Waals surface area contributed by atoms with Gasteiger partial charge in [-0.3, -0.25) is 9.36 Å². The number of aromatic nitrogens is 4.